The number of hydrogen-bond donors (Lipinski definition) is 1. The van der Waals surface area contributed by atoms with Crippen molar-refractivity contribution < 1.29 is 23.1 Å². The van der Waals surface area contributed by atoms with Gasteiger partial charge in [0.2, 0.25) is 0 Å². The summed E-state index contributed by atoms with van der Waals surface area (Å²) >= 11 is 0.929. The first kappa shape index (κ1) is 15.4. The molecule has 1 saturated heterocycles. The van der Waals surface area contributed by atoms with Crippen LogP contribution >= 0.6 is 11.3 Å². The Kier molecular flexibility index (Phi) is 3.94. The summed E-state index contributed by atoms with van der Waals surface area (Å²) in [7, 11) is -3.67. The van der Waals surface area contributed by atoms with Crippen molar-refractivity contribution in [2.45, 2.75) is 36.7 Å². The first-order valence-electron chi connectivity index (χ1n) is 6.12. The third kappa shape index (κ3) is 3.03. The zero-order valence-corrected chi connectivity index (χ0v) is 13.1. The van der Waals surface area contributed by atoms with Gasteiger partial charge in [0, 0.05) is 18.5 Å². The highest BCUT2D eigenvalue weighted by molar-refractivity contribution is 7.91. The molecule has 6 nitrogen and oxygen atoms in total. The average molecular weight is 319 g/mol. The van der Waals surface area contributed by atoms with Crippen molar-refractivity contribution in [1.82, 2.24) is 4.31 Å². The first-order valence-corrected chi connectivity index (χ1v) is 8.43. The normalized spacial score (nSPS) is 23.6. The fourth-order valence-electron chi connectivity index (χ4n) is 2.27. The van der Waals surface area contributed by atoms with Crippen molar-refractivity contribution in [3.63, 3.8) is 0 Å². The molecule has 0 aliphatic carbocycles. The van der Waals surface area contributed by atoms with Crippen molar-refractivity contribution in [3.8, 4) is 0 Å². The van der Waals surface area contributed by atoms with Crippen LogP contribution in [0.3, 0.4) is 0 Å². The Labute approximate surface area is 122 Å². The summed E-state index contributed by atoms with van der Waals surface area (Å²) in [6.07, 6.45) is -0.201. The molecular formula is C12H17NO5S2. The van der Waals surface area contributed by atoms with E-state index in [4.69, 9.17) is 9.84 Å². The fourth-order valence-corrected chi connectivity index (χ4v) is 5.24. The predicted molar refractivity (Wildman–Crippen MR) is 74.7 cm³/mol. The van der Waals surface area contributed by atoms with Crippen LogP contribution in [-0.2, 0) is 14.8 Å². The van der Waals surface area contributed by atoms with Crippen LogP contribution in [0.5, 0.6) is 0 Å². The molecule has 1 fully saturated rings. The number of carboxylic acids is 1. The molecule has 8 heteroatoms. The molecule has 1 aromatic rings. The molecular weight excluding hydrogens is 302 g/mol. The largest absolute Gasteiger partial charge is 0.478 e. The molecule has 2 rings (SSSR count). The SMILES string of the molecule is CC1CN(S(=O)(=O)c2cc(C(=O)O)cs2)CC(C)(C)O1. The van der Waals surface area contributed by atoms with Gasteiger partial charge in [-0.25, -0.2) is 13.2 Å². The smallest absolute Gasteiger partial charge is 0.336 e. The number of ether oxygens (including phenoxy) is 1. The minimum atomic E-state index is -3.67. The van der Waals surface area contributed by atoms with Crippen LogP contribution in [0.2, 0.25) is 0 Å². The van der Waals surface area contributed by atoms with E-state index in [1.807, 2.05) is 20.8 Å². The van der Waals surface area contributed by atoms with Crippen LogP contribution in [0.1, 0.15) is 31.1 Å². The molecule has 1 aliphatic heterocycles. The molecule has 0 aromatic carbocycles. The van der Waals surface area contributed by atoms with Crippen LogP contribution in [0.25, 0.3) is 0 Å². The number of carbonyl (C=O) groups is 1. The highest BCUT2D eigenvalue weighted by Crippen LogP contribution is 2.29. The van der Waals surface area contributed by atoms with Gasteiger partial charge >= 0.3 is 5.97 Å². The minimum Gasteiger partial charge on any atom is -0.478 e. The lowest BCUT2D eigenvalue weighted by atomic mass is 10.1. The molecule has 1 aromatic heterocycles. The monoisotopic (exact) mass is 319 g/mol. The lowest BCUT2D eigenvalue weighted by molar-refractivity contribution is -0.109. The van der Waals surface area contributed by atoms with E-state index in [1.54, 1.807) is 0 Å². The molecule has 0 saturated carbocycles. The topological polar surface area (TPSA) is 83.9 Å². The summed E-state index contributed by atoms with van der Waals surface area (Å²) in [4.78, 5) is 10.9. The number of rotatable bonds is 3. The van der Waals surface area contributed by atoms with Gasteiger partial charge in [0.1, 0.15) is 4.21 Å². The number of carboxylic acid groups (broad SMARTS) is 1. The van der Waals surface area contributed by atoms with Crippen molar-refractivity contribution in [1.29, 1.82) is 0 Å². The molecule has 1 aliphatic rings. The highest BCUT2D eigenvalue weighted by atomic mass is 32.2. The highest BCUT2D eigenvalue weighted by Gasteiger charge is 2.38. The van der Waals surface area contributed by atoms with Crippen molar-refractivity contribution in [3.05, 3.63) is 17.0 Å². The average Bonchev–Trinajstić information content (AvgIpc) is 2.75. The standard InChI is InChI=1S/C12H17NO5S2/c1-8-5-13(7-12(2,3)18-8)20(16,17)10-4-9(6-19-10)11(14)15/h4,6,8H,5,7H2,1-3H3,(H,14,15). The second-order valence-corrected chi connectivity index (χ2v) is 8.52. The van der Waals surface area contributed by atoms with Crippen molar-refractivity contribution in [2.24, 2.45) is 0 Å². The molecule has 0 bridgehead atoms. The summed E-state index contributed by atoms with van der Waals surface area (Å²) in [5.41, 5.74) is -0.563. The van der Waals surface area contributed by atoms with E-state index in [-0.39, 0.29) is 29.0 Å². The second-order valence-electron chi connectivity index (χ2n) is 5.45. The van der Waals surface area contributed by atoms with Gasteiger partial charge in [0.15, 0.2) is 0 Å². The second kappa shape index (κ2) is 5.10. The first-order chi connectivity index (χ1) is 9.12. The Morgan fingerprint density at radius 1 is 1.55 bits per heavy atom. The van der Waals surface area contributed by atoms with Gasteiger partial charge in [-0.05, 0) is 26.8 Å². The third-order valence-corrected chi connectivity index (χ3v) is 6.18. The van der Waals surface area contributed by atoms with Gasteiger partial charge in [-0.2, -0.15) is 4.31 Å². The van der Waals surface area contributed by atoms with E-state index in [0.29, 0.717) is 0 Å². The number of sulfonamides is 1. The van der Waals surface area contributed by atoms with Crippen molar-refractivity contribution in [2.75, 3.05) is 13.1 Å². The van der Waals surface area contributed by atoms with Crippen LogP contribution in [-0.4, -0.2) is 48.6 Å². The number of hydrogen-bond acceptors (Lipinski definition) is 5. The molecule has 0 spiro atoms. The number of morpholine rings is 1. The molecule has 1 atom stereocenters. The Bertz CT molecular complexity index is 620. The minimum absolute atomic E-state index is 0.00542. The lowest BCUT2D eigenvalue weighted by Gasteiger charge is -2.40. The quantitative estimate of drug-likeness (QED) is 0.915. The molecule has 20 heavy (non-hydrogen) atoms. The number of aromatic carboxylic acids is 1. The summed E-state index contributed by atoms with van der Waals surface area (Å²) in [5.74, 6) is -1.13. The van der Waals surface area contributed by atoms with E-state index >= 15 is 0 Å². The van der Waals surface area contributed by atoms with Gasteiger partial charge in [-0.1, -0.05) is 0 Å². The maximum atomic E-state index is 12.5. The van der Waals surface area contributed by atoms with Gasteiger partial charge in [-0.15, -0.1) is 11.3 Å². The van der Waals surface area contributed by atoms with E-state index in [2.05, 4.69) is 0 Å². The summed E-state index contributed by atoms with van der Waals surface area (Å²) in [5, 5.41) is 10.2. The zero-order chi connectivity index (χ0) is 15.1. The van der Waals surface area contributed by atoms with Crippen LogP contribution in [0.4, 0.5) is 0 Å². The van der Waals surface area contributed by atoms with Crippen LogP contribution in [0.15, 0.2) is 15.7 Å². The van der Waals surface area contributed by atoms with E-state index in [0.717, 1.165) is 11.3 Å². The zero-order valence-electron chi connectivity index (χ0n) is 11.5. The van der Waals surface area contributed by atoms with E-state index in [9.17, 15) is 13.2 Å². The molecule has 1 N–H and O–H groups in total. The van der Waals surface area contributed by atoms with Gasteiger partial charge < -0.3 is 9.84 Å². The molecule has 0 radical (unpaired) electrons. The maximum absolute atomic E-state index is 12.5. The molecule has 112 valence electrons. The summed E-state index contributed by atoms with van der Waals surface area (Å²) in [6.45, 7) is 6.01. The third-order valence-electron chi connectivity index (χ3n) is 2.95. The summed E-state index contributed by atoms with van der Waals surface area (Å²) < 4.78 is 32.2. The lowest BCUT2D eigenvalue weighted by Crippen LogP contribution is -2.53. The Hall–Kier alpha value is -0.960. The van der Waals surface area contributed by atoms with Gasteiger partial charge in [0.05, 0.1) is 17.3 Å². The van der Waals surface area contributed by atoms with Crippen LogP contribution < -0.4 is 0 Å². The number of thiophene rings is 1. The van der Waals surface area contributed by atoms with Gasteiger partial charge in [0.25, 0.3) is 10.0 Å². The fraction of sp³-hybridized carbons (Fsp3) is 0.583. The molecule has 1 unspecified atom stereocenters. The Morgan fingerprint density at radius 2 is 2.20 bits per heavy atom. The van der Waals surface area contributed by atoms with E-state index < -0.39 is 21.6 Å². The molecule has 0 amide bonds. The van der Waals surface area contributed by atoms with Crippen molar-refractivity contribution >= 4 is 27.3 Å². The van der Waals surface area contributed by atoms with E-state index in [1.165, 1.54) is 15.8 Å². The maximum Gasteiger partial charge on any atom is 0.336 e. The molecule has 2 heterocycles. The van der Waals surface area contributed by atoms with Crippen LogP contribution in [0, 0.1) is 0 Å². The predicted octanol–water partition coefficient (Wildman–Crippen LogP) is 1.63. The summed E-state index contributed by atoms with van der Waals surface area (Å²) in [6, 6.07) is 1.20. The Balaban J connectivity index is 2.31. The Morgan fingerprint density at radius 3 is 2.70 bits per heavy atom. The number of nitrogens with zero attached hydrogens (tertiary/aromatic N) is 1. The van der Waals surface area contributed by atoms with Gasteiger partial charge in [-0.3, -0.25) is 0 Å².